The molecule has 0 bridgehead atoms. The van der Waals surface area contributed by atoms with Crippen molar-refractivity contribution in [2.75, 3.05) is 7.11 Å². The highest BCUT2D eigenvalue weighted by atomic mass is 35.5. The molecule has 8 heavy (non-hydrogen) atoms. The largest absolute Gasteiger partial charge is 0.503 e. The molecule has 0 amide bonds. The van der Waals surface area contributed by atoms with Crippen LogP contribution in [0.25, 0.3) is 0 Å². The number of hydrogen-bond donors (Lipinski definition) is 0. The van der Waals surface area contributed by atoms with E-state index >= 15 is 0 Å². The lowest BCUT2D eigenvalue weighted by atomic mass is 10.4. The van der Waals surface area contributed by atoms with Gasteiger partial charge in [-0.25, -0.2) is 0 Å². The number of rotatable bonds is 2. The predicted molar refractivity (Wildman–Crippen MR) is 31.6 cm³/mol. The second-order valence-corrected chi connectivity index (χ2v) is 1.66. The van der Waals surface area contributed by atoms with Gasteiger partial charge in [-0.1, -0.05) is 11.6 Å². The summed E-state index contributed by atoms with van der Waals surface area (Å²) in [5.41, 5.74) is 0. The highest BCUT2D eigenvalue weighted by molar-refractivity contribution is 6.42. The van der Waals surface area contributed by atoms with Crippen LogP contribution in [0, 0.1) is 0 Å². The zero-order valence-corrected chi connectivity index (χ0v) is 5.53. The van der Waals surface area contributed by atoms with Gasteiger partial charge in [0.05, 0.1) is 7.11 Å². The second-order valence-electron chi connectivity index (χ2n) is 1.26. The first-order valence-electron chi connectivity index (χ1n) is 2.08. The average molecular weight is 135 g/mol. The van der Waals surface area contributed by atoms with Crippen LogP contribution in [0.4, 0.5) is 0 Å². The molecule has 0 radical (unpaired) electrons. The number of carbonyl (C=O) groups is 1. The van der Waals surface area contributed by atoms with Crippen molar-refractivity contribution in [2.24, 2.45) is 0 Å². The number of methoxy groups -OCH3 is 1. The van der Waals surface area contributed by atoms with Crippen molar-refractivity contribution in [3.05, 3.63) is 11.3 Å². The van der Waals surface area contributed by atoms with Crippen molar-refractivity contribution in [3.8, 4) is 0 Å². The summed E-state index contributed by atoms with van der Waals surface area (Å²) in [5.74, 6) is -0.187. The van der Waals surface area contributed by atoms with Gasteiger partial charge in [0.25, 0.3) is 0 Å². The summed E-state index contributed by atoms with van der Waals surface area (Å²) in [7, 11) is 1.44. The lowest BCUT2D eigenvalue weighted by molar-refractivity contribution is -0.113. The molecule has 0 saturated carbocycles. The molecule has 0 rings (SSSR count). The number of carbonyl (C=O) groups excluding carboxylic acids is 1. The Hall–Kier alpha value is -0.500. The molecule has 46 valence electrons. The SMILES string of the molecule is CO/C=C(\Cl)C(C)=O. The Morgan fingerprint density at radius 2 is 2.25 bits per heavy atom. The van der Waals surface area contributed by atoms with E-state index in [4.69, 9.17) is 11.6 Å². The normalized spacial score (nSPS) is 11.1. The van der Waals surface area contributed by atoms with E-state index in [-0.39, 0.29) is 10.8 Å². The molecule has 0 spiro atoms. The lowest BCUT2D eigenvalue weighted by Gasteiger charge is -1.88. The third kappa shape index (κ3) is 2.64. The Kier molecular flexibility index (Phi) is 3.28. The fourth-order valence-electron chi connectivity index (χ4n) is 0.186. The summed E-state index contributed by atoms with van der Waals surface area (Å²) in [6.07, 6.45) is 1.20. The summed E-state index contributed by atoms with van der Waals surface area (Å²) in [6.45, 7) is 1.37. The van der Waals surface area contributed by atoms with Gasteiger partial charge in [-0.15, -0.1) is 0 Å². The van der Waals surface area contributed by atoms with Crippen molar-refractivity contribution in [1.82, 2.24) is 0 Å². The molecule has 3 heteroatoms. The van der Waals surface area contributed by atoms with Crippen LogP contribution >= 0.6 is 11.6 Å². The minimum absolute atomic E-state index is 0.118. The van der Waals surface area contributed by atoms with Crippen LogP contribution in [0.15, 0.2) is 11.3 Å². The van der Waals surface area contributed by atoms with Crippen molar-refractivity contribution < 1.29 is 9.53 Å². The van der Waals surface area contributed by atoms with E-state index in [1.165, 1.54) is 20.3 Å². The molecule has 0 heterocycles. The summed E-state index contributed by atoms with van der Waals surface area (Å²) in [4.78, 5) is 10.3. The van der Waals surface area contributed by atoms with Crippen molar-refractivity contribution in [1.29, 1.82) is 0 Å². The maximum Gasteiger partial charge on any atom is 0.174 e. The van der Waals surface area contributed by atoms with Gasteiger partial charge in [-0.3, -0.25) is 4.79 Å². The number of Topliss-reactive ketones (excluding diaryl/α,β-unsaturated/α-hetero) is 1. The van der Waals surface area contributed by atoms with Crippen LogP contribution in [0.3, 0.4) is 0 Å². The van der Waals surface area contributed by atoms with Gasteiger partial charge >= 0.3 is 0 Å². The first-order valence-corrected chi connectivity index (χ1v) is 2.45. The molecule has 0 aliphatic carbocycles. The van der Waals surface area contributed by atoms with Gasteiger partial charge in [0.2, 0.25) is 0 Å². The minimum Gasteiger partial charge on any atom is -0.503 e. The summed E-state index contributed by atoms with van der Waals surface area (Å²) >= 11 is 5.30. The van der Waals surface area contributed by atoms with Crippen LogP contribution in [-0.4, -0.2) is 12.9 Å². The monoisotopic (exact) mass is 134 g/mol. The third-order valence-electron chi connectivity index (χ3n) is 0.558. The molecule has 0 atom stereocenters. The van der Waals surface area contributed by atoms with Crippen LogP contribution < -0.4 is 0 Å². The lowest BCUT2D eigenvalue weighted by Crippen LogP contribution is -1.88. The summed E-state index contributed by atoms with van der Waals surface area (Å²) in [6, 6.07) is 0. The summed E-state index contributed by atoms with van der Waals surface area (Å²) in [5, 5.41) is 0.118. The number of hydrogen-bond acceptors (Lipinski definition) is 2. The van der Waals surface area contributed by atoms with Crippen LogP contribution in [0.2, 0.25) is 0 Å². The Labute approximate surface area is 53.1 Å². The molecule has 0 saturated heterocycles. The highest BCUT2D eigenvalue weighted by Gasteiger charge is 1.95. The van der Waals surface area contributed by atoms with Gasteiger partial charge in [0, 0.05) is 6.92 Å². The first kappa shape index (κ1) is 7.50. The fraction of sp³-hybridized carbons (Fsp3) is 0.400. The molecule has 0 aliphatic rings. The average Bonchev–Trinajstić information content (AvgIpc) is 1.67. The molecule has 0 aromatic heterocycles. The van der Waals surface area contributed by atoms with E-state index < -0.39 is 0 Å². The molecule has 0 aromatic rings. The van der Waals surface area contributed by atoms with Gasteiger partial charge in [0.15, 0.2) is 5.78 Å². The van der Waals surface area contributed by atoms with Crippen LogP contribution in [-0.2, 0) is 9.53 Å². The highest BCUT2D eigenvalue weighted by Crippen LogP contribution is 2.00. The van der Waals surface area contributed by atoms with Gasteiger partial charge < -0.3 is 4.74 Å². The smallest absolute Gasteiger partial charge is 0.174 e. The van der Waals surface area contributed by atoms with E-state index in [0.717, 1.165) is 0 Å². The molecule has 0 fully saturated rings. The van der Waals surface area contributed by atoms with Crippen LogP contribution in [0.1, 0.15) is 6.92 Å². The van der Waals surface area contributed by atoms with E-state index in [1.54, 1.807) is 0 Å². The maximum absolute atomic E-state index is 10.3. The number of ketones is 1. The maximum atomic E-state index is 10.3. The second kappa shape index (κ2) is 3.50. The van der Waals surface area contributed by atoms with Crippen molar-refractivity contribution >= 4 is 17.4 Å². The van der Waals surface area contributed by atoms with Gasteiger partial charge in [-0.2, -0.15) is 0 Å². The number of allylic oxidation sites excluding steroid dienone is 1. The molecular formula is C5H7ClO2. The van der Waals surface area contributed by atoms with Gasteiger partial charge in [0.1, 0.15) is 11.3 Å². The molecular weight excluding hydrogens is 128 g/mol. The number of ether oxygens (including phenoxy) is 1. The Morgan fingerprint density at radius 1 is 1.75 bits per heavy atom. The minimum atomic E-state index is -0.187. The molecule has 2 nitrogen and oxygen atoms in total. The fourth-order valence-corrected chi connectivity index (χ4v) is 0.276. The first-order chi connectivity index (χ1) is 3.68. The quantitative estimate of drug-likeness (QED) is 0.420. The van der Waals surface area contributed by atoms with Gasteiger partial charge in [-0.05, 0) is 0 Å². The molecule has 0 aliphatic heterocycles. The van der Waals surface area contributed by atoms with Crippen molar-refractivity contribution in [3.63, 3.8) is 0 Å². The zero-order chi connectivity index (χ0) is 6.57. The van der Waals surface area contributed by atoms with E-state index in [0.29, 0.717) is 0 Å². The Balaban J connectivity index is 3.80. The number of halogens is 1. The molecule has 0 unspecified atom stereocenters. The summed E-state index contributed by atoms with van der Waals surface area (Å²) < 4.78 is 4.45. The van der Waals surface area contributed by atoms with E-state index in [9.17, 15) is 4.79 Å². The standard InChI is InChI=1S/C5H7ClO2/c1-4(7)5(6)3-8-2/h3H,1-2H3/b5-3-. The Morgan fingerprint density at radius 3 is 2.38 bits per heavy atom. The topological polar surface area (TPSA) is 26.3 Å². The van der Waals surface area contributed by atoms with E-state index in [2.05, 4.69) is 4.74 Å². The van der Waals surface area contributed by atoms with E-state index in [1.807, 2.05) is 0 Å². The predicted octanol–water partition coefficient (Wildman–Crippen LogP) is 1.30. The zero-order valence-electron chi connectivity index (χ0n) is 4.77. The Bertz CT molecular complexity index is 118. The van der Waals surface area contributed by atoms with Crippen molar-refractivity contribution in [2.45, 2.75) is 6.92 Å². The third-order valence-corrected chi connectivity index (χ3v) is 0.913. The van der Waals surface area contributed by atoms with Crippen LogP contribution in [0.5, 0.6) is 0 Å². The molecule has 0 aromatic carbocycles. The molecule has 0 N–H and O–H groups in total.